The standard InChI is InChI=1S/C16H15ClF2N2O3S/c1-25(23,24)21(12-5-2-4-11(17)10-12)9-8-15(22)20-16-13(18)6-3-7-14(16)19/h2-7,10H,8-9H2,1H3,(H,20,22). The van der Waals surface area contributed by atoms with Gasteiger partial charge < -0.3 is 5.32 Å². The van der Waals surface area contributed by atoms with Gasteiger partial charge in [0.25, 0.3) is 0 Å². The van der Waals surface area contributed by atoms with Crippen LogP contribution in [-0.4, -0.2) is 27.1 Å². The van der Waals surface area contributed by atoms with Gasteiger partial charge in [0.1, 0.15) is 17.3 Å². The van der Waals surface area contributed by atoms with Gasteiger partial charge in [0.05, 0.1) is 11.9 Å². The maximum atomic E-state index is 13.5. The number of hydrogen-bond acceptors (Lipinski definition) is 3. The molecule has 2 aromatic carbocycles. The zero-order valence-electron chi connectivity index (χ0n) is 13.2. The van der Waals surface area contributed by atoms with Gasteiger partial charge in [-0.25, -0.2) is 17.2 Å². The van der Waals surface area contributed by atoms with E-state index in [1.54, 1.807) is 12.1 Å². The highest BCUT2D eigenvalue weighted by Crippen LogP contribution is 2.22. The second kappa shape index (κ2) is 7.79. The zero-order chi connectivity index (χ0) is 18.6. The van der Waals surface area contributed by atoms with E-state index >= 15 is 0 Å². The van der Waals surface area contributed by atoms with E-state index in [1.165, 1.54) is 18.2 Å². The molecule has 0 aromatic heterocycles. The summed E-state index contributed by atoms with van der Waals surface area (Å²) in [6, 6.07) is 9.31. The van der Waals surface area contributed by atoms with Crippen LogP contribution in [0.1, 0.15) is 6.42 Å². The molecule has 1 N–H and O–H groups in total. The minimum Gasteiger partial charge on any atom is -0.321 e. The number of anilines is 2. The van der Waals surface area contributed by atoms with Crippen molar-refractivity contribution in [1.29, 1.82) is 0 Å². The number of benzene rings is 2. The van der Waals surface area contributed by atoms with E-state index in [4.69, 9.17) is 11.6 Å². The lowest BCUT2D eigenvalue weighted by Gasteiger charge is -2.22. The van der Waals surface area contributed by atoms with Crippen LogP contribution in [0.25, 0.3) is 0 Å². The van der Waals surface area contributed by atoms with Gasteiger partial charge in [-0.05, 0) is 30.3 Å². The van der Waals surface area contributed by atoms with E-state index in [2.05, 4.69) is 5.32 Å². The van der Waals surface area contributed by atoms with Crippen LogP contribution in [0.5, 0.6) is 0 Å². The quantitative estimate of drug-likeness (QED) is 0.824. The molecule has 0 radical (unpaired) electrons. The summed E-state index contributed by atoms with van der Waals surface area (Å²) in [4.78, 5) is 12.0. The molecule has 0 saturated carbocycles. The average molecular weight is 389 g/mol. The molecule has 134 valence electrons. The monoisotopic (exact) mass is 388 g/mol. The summed E-state index contributed by atoms with van der Waals surface area (Å²) in [6.45, 7) is -0.207. The summed E-state index contributed by atoms with van der Waals surface area (Å²) < 4.78 is 52.0. The summed E-state index contributed by atoms with van der Waals surface area (Å²) in [5, 5.41) is 2.45. The lowest BCUT2D eigenvalue weighted by atomic mass is 10.2. The zero-order valence-corrected chi connectivity index (χ0v) is 14.7. The second-order valence-corrected chi connectivity index (χ2v) is 7.55. The number of hydrogen-bond donors (Lipinski definition) is 1. The Labute approximate surface area is 149 Å². The Morgan fingerprint density at radius 1 is 1.16 bits per heavy atom. The lowest BCUT2D eigenvalue weighted by Crippen LogP contribution is -2.33. The van der Waals surface area contributed by atoms with Crippen LogP contribution in [0.4, 0.5) is 20.2 Å². The van der Waals surface area contributed by atoms with Crippen molar-refractivity contribution in [2.75, 3.05) is 22.4 Å². The third-order valence-corrected chi connectivity index (χ3v) is 4.69. The van der Waals surface area contributed by atoms with Crippen LogP contribution >= 0.6 is 11.6 Å². The van der Waals surface area contributed by atoms with Crippen LogP contribution in [0.15, 0.2) is 42.5 Å². The summed E-state index contributed by atoms with van der Waals surface area (Å²) >= 11 is 5.86. The van der Waals surface area contributed by atoms with Gasteiger partial charge in [-0.1, -0.05) is 23.7 Å². The van der Waals surface area contributed by atoms with Crippen molar-refractivity contribution in [3.05, 3.63) is 59.1 Å². The number of amides is 1. The van der Waals surface area contributed by atoms with Gasteiger partial charge in [0, 0.05) is 18.0 Å². The molecule has 2 rings (SSSR count). The Balaban J connectivity index is 2.12. The number of nitrogens with zero attached hydrogens (tertiary/aromatic N) is 1. The Kier molecular flexibility index (Phi) is 5.97. The Morgan fingerprint density at radius 2 is 1.76 bits per heavy atom. The predicted molar refractivity (Wildman–Crippen MR) is 93.2 cm³/mol. The van der Waals surface area contributed by atoms with Gasteiger partial charge in [-0.15, -0.1) is 0 Å². The number of sulfonamides is 1. The molecular formula is C16H15ClF2N2O3S. The smallest absolute Gasteiger partial charge is 0.232 e. The van der Waals surface area contributed by atoms with Crippen molar-refractivity contribution < 1.29 is 22.0 Å². The van der Waals surface area contributed by atoms with E-state index in [0.717, 1.165) is 22.7 Å². The van der Waals surface area contributed by atoms with E-state index < -0.39 is 33.3 Å². The lowest BCUT2D eigenvalue weighted by molar-refractivity contribution is -0.116. The minimum absolute atomic E-state index is 0.207. The molecule has 0 saturated heterocycles. The van der Waals surface area contributed by atoms with E-state index in [-0.39, 0.29) is 13.0 Å². The molecule has 25 heavy (non-hydrogen) atoms. The predicted octanol–water partition coefficient (Wildman–Crippen LogP) is 3.41. The first-order valence-corrected chi connectivity index (χ1v) is 9.38. The van der Waals surface area contributed by atoms with Crippen molar-refractivity contribution in [3.8, 4) is 0 Å². The van der Waals surface area contributed by atoms with Crippen molar-refractivity contribution >= 4 is 38.9 Å². The molecule has 0 aliphatic carbocycles. The molecule has 2 aromatic rings. The third kappa shape index (κ3) is 5.14. The summed E-state index contributed by atoms with van der Waals surface area (Å²) in [6.07, 6.45) is 0.690. The third-order valence-electron chi connectivity index (χ3n) is 3.27. The van der Waals surface area contributed by atoms with Crippen molar-refractivity contribution in [2.24, 2.45) is 0 Å². The van der Waals surface area contributed by atoms with Crippen LogP contribution in [-0.2, 0) is 14.8 Å². The number of para-hydroxylation sites is 1. The van der Waals surface area contributed by atoms with Crippen molar-refractivity contribution in [2.45, 2.75) is 6.42 Å². The Hall–Kier alpha value is -2.19. The molecule has 0 fully saturated rings. The molecule has 0 unspecified atom stereocenters. The SMILES string of the molecule is CS(=O)(=O)N(CCC(=O)Nc1c(F)cccc1F)c1cccc(Cl)c1. The molecule has 0 aliphatic heterocycles. The maximum Gasteiger partial charge on any atom is 0.232 e. The fraction of sp³-hybridized carbons (Fsp3) is 0.188. The first-order chi connectivity index (χ1) is 11.7. The number of carbonyl (C=O) groups excluding carboxylic acids is 1. The Morgan fingerprint density at radius 3 is 2.32 bits per heavy atom. The normalized spacial score (nSPS) is 11.2. The van der Waals surface area contributed by atoms with E-state index in [1.807, 2.05) is 0 Å². The van der Waals surface area contributed by atoms with Crippen LogP contribution < -0.4 is 9.62 Å². The van der Waals surface area contributed by atoms with Crippen LogP contribution in [0, 0.1) is 11.6 Å². The Bertz CT molecular complexity index is 870. The van der Waals surface area contributed by atoms with Crippen molar-refractivity contribution in [3.63, 3.8) is 0 Å². The largest absolute Gasteiger partial charge is 0.321 e. The molecule has 0 bridgehead atoms. The molecule has 0 spiro atoms. The molecule has 0 heterocycles. The van der Waals surface area contributed by atoms with E-state index in [9.17, 15) is 22.0 Å². The van der Waals surface area contributed by atoms with Gasteiger partial charge in [-0.3, -0.25) is 9.10 Å². The van der Waals surface area contributed by atoms with Gasteiger partial charge in [-0.2, -0.15) is 0 Å². The average Bonchev–Trinajstić information content (AvgIpc) is 2.50. The fourth-order valence-electron chi connectivity index (χ4n) is 2.14. The fourth-order valence-corrected chi connectivity index (χ4v) is 3.24. The number of rotatable bonds is 6. The first kappa shape index (κ1) is 19.1. The molecule has 9 heteroatoms. The first-order valence-electron chi connectivity index (χ1n) is 7.15. The number of nitrogens with one attached hydrogen (secondary N) is 1. The van der Waals surface area contributed by atoms with E-state index in [0.29, 0.717) is 10.7 Å². The van der Waals surface area contributed by atoms with Gasteiger partial charge >= 0.3 is 0 Å². The molecule has 1 amide bonds. The molecule has 0 aliphatic rings. The molecule has 5 nitrogen and oxygen atoms in total. The highest BCUT2D eigenvalue weighted by molar-refractivity contribution is 7.92. The summed E-state index contributed by atoms with van der Waals surface area (Å²) in [5.41, 5.74) is -0.277. The maximum absolute atomic E-state index is 13.5. The number of carbonyl (C=O) groups is 1. The number of halogens is 3. The topological polar surface area (TPSA) is 66.5 Å². The van der Waals surface area contributed by atoms with Crippen LogP contribution in [0.2, 0.25) is 5.02 Å². The highest BCUT2D eigenvalue weighted by Gasteiger charge is 2.20. The highest BCUT2D eigenvalue weighted by atomic mass is 35.5. The molecular weight excluding hydrogens is 374 g/mol. The second-order valence-electron chi connectivity index (χ2n) is 5.21. The summed E-state index contributed by atoms with van der Waals surface area (Å²) in [5.74, 6) is -2.55. The summed E-state index contributed by atoms with van der Waals surface area (Å²) in [7, 11) is -3.67. The van der Waals surface area contributed by atoms with Crippen molar-refractivity contribution in [1.82, 2.24) is 0 Å². The van der Waals surface area contributed by atoms with Crippen LogP contribution in [0.3, 0.4) is 0 Å². The van der Waals surface area contributed by atoms with Gasteiger partial charge in [0.15, 0.2) is 0 Å². The van der Waals surface area contributed by atoms with Gasteiger partial charge in [0.2, 0.25) is 15.9 Å². The minimum atomic E-state index is -3.67. The molecule has 0 atom stereocenters.